The van der Waals surface area contributed by atoms with Crippen LogP contribution < -0.4 is 9.80 Å². The summed E-state index contributed by atoms with van der Waals surface area (Å²) < 4.78 is 66.0. The largest absolute Gasteiger partial charge is 0.433 e. The molecule has 2 aromatic heterocycles. The number of piperazine rings is 1. The van der Waals surface area contributed by atoms with Crippen molar-refractivity contribution in [2.24, 2.45) is 5.92 Å². The molecular weight excluding hydrogens is 541 g/mol. The van der Waals surface area contributed by atoms with Crippen molar-refractivity contribution in [2.75, 3.05) is 35.7 Å². The van der Waals surface area contributed by atoms with Crippen molar-refractivity contribution >= 4 is 32.8 Å². The van der Waals surface area contributed by atoms with Crippen molar-refractivity contribution in [3.63, 3.8) is 0 Å². The molecule has 3 aromatic rings. The second-order valence-corrected chi connectivity index (χ2v) is 12.1. The maximum Gasteiger partial charge on any atom is 0.433 e. The Labute approximate surface area is 222 Å². The number of thiazole rings is 1. The zero-order chi connectivity index (χ0) is 27.8. The summed E-state index contributed by atoms with van der Waals surface area (Å²) in [5, 5.41) is 20.4. The molecule has 0 amide bonds. The average Bonchev–Trinajstić information content (AvgIpc) is 3.36. The van der Waals surface area contributed by atoms with Gasteiger partial charge in [0, 0.05) is 54.3 Å². The van der Waals surface area contributed by atoms with Gasteiger partial charge in [-0.3, -0.25) is 0 Å². The van der Waals surface area contributed by atoms with Crippen molar-refractivity contribution in [2.45, 2.75) is 37.6 Å². The molecule has 0 radical (unpaired) electrons. The number of hydrogen-bond acceptors (Lipinski definition) is 10. The van der Waals surface area contributed by atoms with E-state index in [4.69, 9.17) is 5.26 Å². The third kappa shape index (κ3) is 5.59. The van der Waals surface area contributed by atoms with E-state index in [9.17, 15) is 26.7 Å². The number of halogens is 3. The molecule has 14 heteroatoms. The number of aliphatic hydroxyl groups excluding tert-OH is 1. The van der Waals surface area contributed by atoms with E-state index in [-0.39, 0.29) is 28.5 Å². The van der Waals surface area contributed by atoms with E-state index >= 15 is 0 Å². The summed E-state index contributed by atoms with van der Waals surface area (Å²) in [5.41, 5.74) is -0.309. The number of anilines is 2. The van der Waals surface area contributed by atoms with E-state index in [0.717, 1.165) is 12.5 Å². The van der Waals surface area contributed by atoms with Gasteiger partial charge in [0.1, 0.15) is 11.1 Å². The quantitative estimate of drug-likeness (QED) is 0.475. The lowest BCUT2D eigenvalue weighted by atomic mass is 9.99. The average molecular weight is 567 g/mol. The van der Waals surface area contributed by atoms with Gasteiger partial charge in [0.05, 0.1) is 17.5 Å². The lowest BCUT2D eigenvalue weighted by molar-refractivity contribution is -0.142. The molecule has 1 aromatic carbocycles. The van der Waals surface area contributed by atoms with Gasteiger partial charge < -0.3 is 14.9 Å². The van der Waals surface area contributed by atoms with E-state index in [1.165, 1.54) is 11.3 Å². The number of alkyl halides is 3. The molecule has 1 aliphatic rings. The Morgan fingerprint density at radius 2 is 2.00 bits per heavy atom. The van der Waals surface area contributed by atoms with Gasteiger partial charge in [-0.1, -0.05) is 13.8 Å². The van der Waals surface area contributed by atoms with Crippen molar-refractivity contribution in [3.05, 3.63) is 46.7 Å². The summed E-state index contributed by atoms with van der Waals surface area (Å²) in [4.78, 5) is 15.9. The fourth-order valence-electron chi connectivity index (χ4n) is 4.40. The molecule has 1 unspecified atom stereocenters. The first-order chi connectivity index (χ1) is 17.8. The minimum Gasteiger partial charge on any atom is -0.392 e. The second-order valence-electron chi connectivity index (χ2n) is 9.25. The number of aliphatic hydroxyl groups is 1. The SMILES string of the molecule is CC(C)C1CN(c2ccc(-c3nc(C#N)cs3)c(S(C)(=O)=O)c2)CCN1c1ncc(CO)c(C(F)(F)F)n1. The lowest BCUT2D eigenvalue weighted by Gasteiger charge is -2.44. The highest BCUT2D eigenvalue weighted by molar-refractivity contribution is 7.90. The van der Waals surface area contributed by atoms with Crippen LogP contribution in [0.2, 0.25) is 0 Å². The van der Waals surface area contributed by atoms with E-state index in [0.29, 0.717) is 35.9 Å². The third-order valence-corrected chi connectivity index (χ3v) is 8.33. The van der Waals surface area contributed by atoms with Crippen LogP contribution >= 0.6 is 11.3 Å². The summed E-state index contributed by atoms with van der Waals surface area (Å²) in [7, 11) is -3.65. The van der Waals surface area contributed by atoms with Crippen molar-refractivity contribution in [1.82, 2.24) is 15.0 Å². The van der Waals surface area contributed by atoms with Crippen LogP contribution in [0.3, 0.4) is 0 Å². The minimum absolute atomic E-state index is 0.00151. The normalized spacial score (nSPS) is 16.7. The Morgan fingerprint density at radius 3 is 2.58 bits per heavy atom. The number of nitrogens with zero attached hydrogens (tertiary/aromatic N) is 6. The fraction of sp³-hybridized carbons (Fsp3) is 0.417. The molecule has 1 N–H and O–H groups in total. The minimum atomic E-state index is -4.74. The highest BCUT2D eigenvalue weighted by Crippen LogP contribution is 2.36. The smallest absolute Gasteiger partial charge is 0.392 e. The summed E-state index contributed by atoms with van der Waals surface area (Å²) >= 11 is 1.18. The number of hydrogen-bond donors (Lipinski definition) is 1. The molecule has 4 rings (SSSR count). The van der Waals surface area contributed by atoms with Gasteiger partial charge in [-0.25, -0.2) is 23.4 Å². The zero-order valence-electron chi connectivity index (χ0n) is 20.8. The lowest BCUT2D eigenvalue weighted by Crippen LogP contribution is -2.56. The maximum atomic E-state index is 13.5. The molecule has 0 spiro atoms. The van der Waals surface area contributed by atoms with Crippen LogP contribution in [0.5, 0.6) is 0 Å². The van der Waals surface area contributed by atoms with Crippen LogP contribution in [0.1, 0.15) is 30.8 Å². The van der Waals surface area contributed by atoms with Crippen LogP contribution in [0, 0.1) is 17.2 Å². The predicted molar refractivity (Wildman–Crippen MR) is 137 cm³/mol. The van der Waals surface area contributed by atoms with Gasteiger partial charge in [0.15, 0.2) is 21.2 Å². The second kappa shape index (κ2) is 10.5. The number of nitriles is 1. The molecule has 202 valence electrons. The Balaban J connectivity index is 1.67. The molecule has 1 saturated heterocycles. The number of benzene rings is 1. The summed E-state index contributed by atoms with van der Waals surface area (Å²) in [5.74, 6) is -0.0706. The van der Waals surface area contributed by atoms with Crippen LogP contribution in [-0.2, 0) is 22.6 Å². The Kier molecular flexibility index (Phi) is 7.64. The first-order valence-corrected chi connectivity index (χ1v) is 14.4. The Hall–Kier alpha value is -3.28. The number of sulfone groups is 1. The van der Waals surface area contributed by atoms with Crippen LogP contribution in [0.25, 0.3) is 10.6 Å². The predicted octanol–water partition coefficient (Wildman–Crippen LogP) is 3.74. The monoisotopic (exact) mass is 566 g/mol. The molecule has 0 aliphatic carbocycles. The fourth-order valence-corrected chi connectivity index (χ4v) is 6.15. The third-order valence-electron chi connectivity index (χ3n) is 6.31. The first kappa shape index (κ1) is 27.7. The van der Waals surface area contributed by atoms with Crippen LogP contribution in [-0.4, -0.2) is 60.4 Å². The molecule has 1 atom stereocenters. The summed E-state index contributed by atoms with van der Waals surface area (Å²) in [6.07, 6.45) is -2.63. The molecule has 9 nitrogen and oxygen atoms in total. The van der Waals surface area contributed by atoms with Crippen LogP contribution in [0.15, 0.2) is 34.7 Å². The molecule has 38 heavy (non-hydrogen) atoms. The Bertz CT molecular complexity index is 1480. The molecular formula is C24H25F3N6O3S2. The molecule has 0 bridgehead atoms. The summed E-state index contributed by atoms with van der Waals surface area (Å²) in [6, 6.07) is 6.67. The van der Waals surface area contributed by atoms with Gasteiger partial charge in [-0.2, -0.15) is 18.4 Å². The maximum absolute atomic E-state index is 13.5. The van der Waals surface area contributed by atoms with Gasteiger partial charge in [-0.05, 0) is 24.1 Å². The standard InChI is InChI=1S/C24H25F3N6O3S2/c1-14(2)19-11-32(6-7-33(19)23-29-10-15(12-34)21(31-23)24(25,26)27)17-4-5-18(20(8-17)38(3,35)36)22-30-16(9-28)13-37-22/h4-5,8,10,13-14,19,34H,6-7,11-12H2,1-3H3. The number of aromatic nitrogens is 3. The highest BCUT2D eigenvalue weighted by atomic mass is 32.2. The van der Waals surface area contributed by atoms with Gasteiger partial charge in [-0.15, -0.1) is 11.3 Å². The molecule has 0 saturated carbocycles. The van der Waals surface area contributed by atoms with E-state index in [2.05, 4.69) is 15.0 Å². The van der Waals surface area contributed by atoms with E-state index in [1.54, 1.807) is 28.5 Å². The van der Waals surface area contributed by atoms with Gasteiger partial charge in [0.25, 0.3) is 0 Å². The van der Waals surface area contributed by atoms with Crippen molar-refractivity contribution < 1.29 is 26.7 Å². The molecule has 3 heterocycles. The van der Waals surface area contributed by atoms with E-state index in [1.807, 2.05) is 24.8 Å². The van der Waals surface area contributed by atoms with E-state index < -0.39 is 33.9 Å². The van der Waals surface area contributed by atoms with Crippen molar-refractivity contribution in [3.8, 4) is 16.6 Å². The molecule has 1 aliphatic heterocycles. The van der Waals surface area contributed by atoms with Crippen molar-refractivity contribution in [1.29, 1.82) is 5.26 Å². The Morgan fingerprint density at radius 1 is 1.26 bits per heavy atom. The van der Waals surface area contributed by atoms with Crippen LogP contribution in [0.4, 0.5) is 24.8 Å². The first-order valence-electron chi connectivity index (χ1n) is 11.6. The number of rotatable bonds is 6. The molecule has 1 fully saturated rings. The summed E-state index contributed by atoms with van der Waals surface area (Å²) in [6.45, 7) is 4.12. The zero-order valence-corrected chi connectivity index (χ0v) is 22.4. The highest BCUT2D eigenvalue weighted by Gasteiger charge is 2.38. The topological polar surface area (TPSA) is 123 Å². The van der Waals surface area contributed by atoms with Gasteiger partial charge in [0.2, 0.25) is 5.95 Å². The van der Waals surface area contributed by atoms with Gasteiger partial charge >= 0.3 is 6.18 Å².